The lowest BCUT2D eigenvalue weighted by Crippen LogP contribution is -1.83. The molecule has 0 aliphatic rings. The van der Waals surface area contributed by atoms with Crippen molar-refractivity contribution in [1.29, 1.82) is 0 Å². The molecule has 2 aromatic heterocycles. The molecule has 0 saturated carbocycles. The highest BCUT2D eigenvalue weighted by atomic mass is 35.5. The van der Waals surface area contributed by atoms with Crippen molar-refractivity contribution in [3.05, 3.63) is 35.9 Å². The monoisotopic (exact) mass is 204 g/mol. The van der Waals surface area contributed by atoms with Crippen LogP contribution in [0.5, 0.6) is 0 Å². The van der Waals surface area contributed by atoms with E-state index in [1.165, 1.54) is 6.33 Å². The van der Waals surface area contributed by atoms with Crippen molar-refractivity contribution < 1.29 is 4.42 Å². The van der Waals surface area contributed by atoms with E-state index in [1.54, 1.807) is 6.26 Å². The molecule has 1 aromatic carbocycles. The van der Waals surface area contributed by atoms with Crippen molar-refractivity contribution in [3.8, 4) is 0 Å². The van der Waals surface area contributed by atoms with Crippen LogP contribution in [0.1, 0.15) is 0 Å². The van der Waals surface area contributed by atoms with Crippen LogP contribution in [0.25, 0.3) is 21.9 Å². The summed E-state index contributed by atoms with van der Waals surface area (Å²) in [6, 6.07) is 5.73. The van der Waals surface area contributed by atoms with Crippen LogP contribution < -0.4 is 0 Å². The third-order valence-electron chi connectivity index (χ3n) is 2.18. The number of fused-ring (bicyclic) bond motifs is 3. The summed E-state index contributed by atoms with van der Waals surface area (Å²) in [6.07, 6.45) is 3.08. The zero-order valence-corrected chi connectivity index (χ0v) is 7.82. The molecular weight excluding hydrogens is 200 g/mol. The Morgan fingerprint density at radius 3 is 3.00 bits per heavy atom. The van der Waals surface area contributed by atoms with Crippen LogP contribution in [0, 0.1) is 0 Å². The highest BCUT2D eigenvalue weighted by Crippen LogP contribution is 2.27. The average molecular weight is 205 g/mol. The van der Waals surface area contributed by atoms with Gasteiger partial charge in [-0.15, -0.1) is 0 Å². The van der Waals surface area contributed by atoms with Gasteiger partial charge in [-0.3, -0.25) is 0 Å². The molecule has 3 aromatic rings. The molecule has 3 rings (SSSR count). The van der Waals surface area contributed by atoms with Crippen molar-refractivity contribution in [2.45, 2.75) is 0 Å². The summed E-state index contributed by atoms with van der Waals surface area (Å²) in [5, 5.41) is 2.29. The maximum Gasteiger partial charge on any atom is 0.160 e. The first-order chi connectivity index (χ1) is 6.86. The molecule has 2 heterocycles. The third-order valence-corrected chi connectivity index (χ3v) is 2.48. The van der Waals surface area contributed by atoms with Crippen LogP contribution >= 0.6 is 11.6 Å². The van der Waals surface area contributed by atoms with Gasteiger partial charge in [-0.05, 0) is 12.1 Å². The van der Waals surface area contributed by atoms with E-state index in [4.69, 9.17) is 16.0 Å². The quantitative estimate of drug-likeness (QED) is 0.529. The molecule has 0 fully saturated rings. The maximum atomic E-state index is 5.93. The van der Waals surface area contributed by atoms with Gasteiger partial charge in [0.05, 0.1) is 6.26 Å². The van der Waals surface area contributed by atoms with E-state index >= 15 is 0 Å². The van der Waals surface area contributed by atoms with E-state index in [1.807, 2.05) is 18.2 Å². The SMILES string of the molecule is Clc1ncnc2c1ccc1ccoc12. The fraction of sp³-hybridized carbons (Fsp3) is 0. The van der Waals surface area contributed by atoms with Gasteiger partial charge in [-0.25, -0.2) is 9.97 Å². The second kappa shape index (κ2) is 2.69. The summed E-state index contributed by atoms with van der Waals surface area (Å²) in [7, 11) is 0. The Labute approximate surface area is 84.3 Å². The minimum absolute atomic E-state index is 0.452. The molecule has 0 atom stereocenters. The molecule has 0 N–H and O–H groups in total. The van der Waals surface area contributed by atoms with Crippen LogP contribution in [-0.4, -0.2) is 9.97 Å². The number of hydrogen-bond acceptors (Lipinski definition) is 3. The predicted molar refractivity (Wildman–Crippen MR) is 54.3 cm³/mol. The number of furan rings is 1. The van der Waals surface area contributed by atoms with Gasteiger partial charge in [0.1, 0.15) is 17.0 Å². The molecule has 0 bridgehead atoms. The first-order valence-corrected chi connectivity index (χ1v) is 4.50. The van der Waals surface area contributed by atoms with E-state index in [2.05, 4.69) is 9.97 Å². The van der Waals surface area contributed by atoms with Crippen molar-refractivity contribution >= 4 is 33.5 Å². The van der Waals surface area contributed by atoms with Gasteiger partial charge >= 0.3 is 0 Å². The number of rotatable bonds is 0. The molecule has 68 valence electrons. The standard InChI is InChI=1S/C10H5ClN2O/c11-10-7-2-1-6-3-4-14-9(6)8(7)12-5-13-10/h1-5H. The third kappa shape index (κ3) is 0.930. The average Bonchev–Trinajstić information content (AvgIpc) is 2.66. The fourth-order valence-corrected chi connectivity index (χ4v) is 1.71. The van der Waals surface area contributed by atoms with Crippen LogP contribution in [-0.2, 0) is 0 Å². The molecule has 0 spiro atoms. The lowest BCUT2D eigenvalue weighted by Gasteiger charge is -1.98. The molecule has 0 aliphatic heterocycles. The summed E-state index contributed by atoms with van der Waals surface area (Å²) in [5.41, 5.74) is 1.51. The van der Waals surface area contributed by atoms with E-state index in [9.17, 15) is 0 Å². The molecule has 0 aliphatic carbocycles. The topological polar surface area (TPSA) is 38.9 Å². The van der Waals surface area contributed by atoms with Crippen LogP contribution in [0.3, 0.4) is 0 Å². The molecule has 4 heteroatoms. The Balaban J connectivity index is 2.64. The summed E-state index contributed by atoms with van der Waals surface area (Å²) < 4.78 is 5.34. The Kier molecular flexibility index (Phi) is 1.49. The summed E-state index contributed by atoms with van der Waals surface area (Å²) in [6.45, 7) is 0. The minimum atomic E-state index is 0.452. The van der Waals surface area contributed by atoms with Crippen molar-refractivity contribution in [3.63, 3.8) is 0 Å². The second-order valence-corrected chi connectivity index (χ2v) is 3.32. The van der Waals surface area contributed by atoms with Gasteiger partial charge in [0.2, 0.25) is 0 Å². The van der Waals surface area contributed by atoms with Gasteiger partial charge in [0.15, 0.2) is 5.58 Å². The van der Waals surface area contributed by atoms with Crippen molar-refractivity contribution in [2.75, 3.05) is 0 Å². The largest absolute Gasteiger partial charge is 0.462 e. The lowest BCUT2D eigenvalue weighted by atomic mass is 10.2. The van der Waals surface area contributed by atoms with Crippen molar-refractivity contribution in [2.24, 2.45) is 0 Å². The second-order valence-electron chi connectivity index (χ2n) is 2.97. The normalized spacial score (nSPS) is 11.2. The Morgan fingerprint density at radius 2 is 2.07 bits per heavy atom. The van der Waals surface area contributed by atoms with Crippen molar-refractivity contribution in [1.82, 2.24) is 9.97 Å². The zero-order valence-electron chi connectivity index (χ0n) is 7.07. The van der Waals surface area contributed by atoms with Crippen LogP contribution in [0.4, 0.5) is 0 Å². The first-order valence-electron chi connectivity index (χ1n) is 4.13. The van der Waals surface area contributed by atoms with Gasteiger partial charge < -0.3 is 4.42 Å². The van der Waals surface area contributed by atoms with Gasteiger partial charge in [0.25, 0.3) is 0 Å². The molecule has 14 heavy (non-hydrogen) atoms. The number of aromatic nitrogens is 2. The first kappa shape index (κ1) is 7.76. The maximum absolute atomic E-state index is 5.93. The number of halogens is 1. The summed E-state index contributed by atoms with van der Waals surface area (Å²) in [4.78, 5) is 8.06. The Hall–Kier alpha value is -1.61. The Morgan fingerprint density at radius 1 is 1.14 bits per heavy atom. The lowest BCUT2D eigenvalue weighted by molar-refractivity contribution is 0.618. The minimum Gasteiger partial charge on any atom is -0.462 e. The van der Waals surface area contributed by atoms with Crippen LogP contribution in [0.15, 0.2) is 35.2 Å². The van der Waals surface area contributed by atoms with Gasteiger partial charge in [-0.1, -0.05) is 17.7 Å². The number of benzene rings is 1. The Bertz CT molecular complexity index is 618. The predicted octanol–water partition coefficient (Wildman–Crippen LogP) is 3.03. The molecular formula is C10H5ClN2O. The van der Waals surface area contributed by atoms with Gasteiger partial charge in [-0.2, -0.15) is 0 Å². The van der Waals surface area contributed by atoms with Gasteiger partial charge in [0, 0.05) is 10.8 Å². The van der Waals surface area contributed by atoms with E-state index in [0.717, 1.165) is 21.9 Å². The zero-order chi connectivity index (χ0) is 9.54. The molecule has 0 radical (unpaired) electrons. The number of hydrogen-bond donors (Lipinski definition) is 0. The van der Waals surface area contributed by atoms with Crippen LogP contribution in [0.2, 0.25) is 5.15 Å². The molecule has 0 saturated heterocycles. The number of nitrogens with zero attached hydrogens (tertiary/aromatic N) is 2. The molecule has 0 unspecified atom stereocenters. The highest BCUT2D eigenvalue weighted by molar-refractivity contribution is 6.34. The van der Waals surface area contributed by atoms with E-state index in [-0.39, 0.29) is 0 Å². The summed E-state index contributed by atoms with van der Waals surface area (Å²) >= 11 is 5.93. The fourth-order valence-electron chi connectivity index (χ4n) is 1.52. The van der Waals surface area contributed by atoms with E-state index in [0.29, 0.717) is 5.15 Å². The highest BCUT2D eigenvalue weighted by Gasteiger charge is 2.07. The smallest absolute Gasteiger partial charge is 0.160 e. The molecule has 3 nitrogen and oxygen atoms in total. The molecule has 0 amide bonds. The van der Waals surface area contributed by atoms with E-state index < -0.39 is 0 Å². The summed E-state index contributed by atoms with van der Waals surface area (Å²) in [5.74, 6) is 0.